The van der Waals surface area contributed by atoms with E-state index in [0.717, 1.165) is 17.0 Å². The van der Waals surface area contributed by atoms with Crippen molar-refractivity contribution < 1.29 is 4.79 Å². The number of nitrogens with zero attached hydrogens (tertiary/aromatic N) is 3. The Morgan fingerprint density at radius 2 is 1.75 bits per heavy atom. The van der Waals surface area contributed by atoms with Crippen molar-refractivity contribution in [1.29, 1.82) is 0 Å². The van der Waals surface area contributed by atoms with E-state index in [0.29, 0.717) is 29.4 Å². The van der Waals surface area contributed by atoms with Gasteiger partial charge in [-0.3, -0.25) is 4.79 Å². The lowest BCUT2D eigenvalue weighted by Crippen LogP contribution is -2.32. The molecule has 1 atom stereocenters. The number of aryl methyl sites for hydroxylation is 3. The fourth-order valence-electron chi connectivity index (χ4n) is 3.23. The summed E-state index contributed by atoms with van der Waals surface area (Å²) in [6.45, 7) is 10.3. The van der Waals surface area contributed by atoms with Gasteiger partial charge in [0.25, 0.3) is 5.91 Å². The molecule has 1 amide bonds. The number of nitrogens with two attached hydrogens (primary N) is 1. The average Bonchev–Trinajstić information content (AvgIpc) is 2.95. The Morgan fingerprint density at radius 3 is 2.36 bits per heavy atom. The van der Waals surface area contributed by atoms with E-state index in [2.05, 4.69) is 41.4 Å². The topological polar surface area (TPSA) is 85.3 Å². The lowest BCUT2D eigenvalue weighted by atomic mass is 9.99. The second-order valence-electron chi connectivity index (χ2n) is 7.37. The standard InChI is InChI=1S/C21H27N5O.ClH/c1-12(2)16-6-8-17(9-7-16)18(22)11-23-21(27)19-15(5)25-26-14(4)10-13(3)24-20(19)26;/h6-10,12,18H,11,22H2,1-5H3,(H,23,27);1H. The lowest BCUT2D eigenvalue weighted by Gasteiger charge is -2.14. The summed E-state index contributed by atoms with van der Waals surface area (Å²) >= 11 is 0. The van der Waals surface area contributed by atoms with E-state index < -0.39 is 0 Å². The highest BCUT2D eigenvalue weighted by Crippen LogP contribution is 2.19. The van der Waals surface area contributed by atoms with Crippen molar-refractivity contribution in [2.24, 2.45) is 5.73 Å². The van der Waals surface area contributed by atoms with Crippen molar-refractivity contribution in [3.63, 3.8) is 0 Å². The van der Waals surface area contributed by atoms with Crippen LogP contribution in [0, 0.1) is 20.8 Å². The van der Waals surface area contributed by atoms with Gasteiger partial charge in [0.15, 0.2) is 5.65 Å². The van der Waals surface area contributed by atoms with Crippen LogP contribution < -0.4 is 11.1 Å². The number of carbonyl (C=O) groups is 1. The molecule has 0 radical (unpaired) electrons. The first kappa shape index (κ1) is 21.9. The molecule has 2 heterocycles. The highest BCUT2D eigenvalue weighted by Gasteiger charge is 2.20. The summed E-state index contributed by atoms with van der Waals surface area (Å²) in [5.41, 5.74) is 12.1. The second kappa shape index (κ2) is 8.71. The lowest BCUT2D eigenvalue weighted by molar-refractivity contribution is 0.0952. The smallest absolute Gasteiger partial charge is 0.257 e. The minimum Gasteiger partial charge on any atom is -0.350 e. The average molecular weight is 402 g/mol. The molecule has 0 spiro atoms. The third-order valence-electron chi connectivity index (χ3n) is 4.81. The summed E-state index contributed by atoms with van der Waals surface area (Å²) in [4.78, 5) is 17.3. The Hall–Kier alpha value is -2.44. The summed E-state index contributed by atoms with van der Waals surface area (Å²) < 4.78 is 1.71. The third kappa shape index (κ3) is 4.34. The fourth-order valence-corrected chi connectivity index (χ4v) is 3.23. The van der Waals surface area contributed by atoms with Crippen LogP contribution in [0.4, 0.5) is 0 Å². The van der Waals surface area contributed by atoms with Gasteiger partial charge in [0.2, 0.25) is 0 Å². The van der Waals surface area contributed by atoms with Crippen LogP contribution in [-0.2, 0) is 0 Å². The Labute approximate surface area is 172 Å². The van der Waals surface area contributed by atoms with Crippen LogP contribution in [-0.4, -0.2) is 27.0 Å². The van der Waals surface area contributed by atoms with Crippen molar-refractivity contribution in [2.45, 2.75) is 46.6 Å². The Kier molecular flexibility index (Phi) is 6.80. The van der Waals surface area contributed by atoms with Gasteiger partial charge in [-0.05, 0) is 43.9 Å². The van der Waals surface area contributed by atoms with Crippen molar-refractivity contribution in [3.8, 4) is 0 Å². The minimum absolute atomic E-state index is 0. The fraction of sp³-hybridized carbons (Fsp3) is 0.381. The monoisotopic (exact) mass is 401 g/mol. The van der Waals surface area contributed by atoms with Gasteiger partial charge in [0.05, 0.1) is 5.69 Å². The van der Waals surface area contributed by atoms with Gasteiger partial charge >= 0.3 is 0 Å². The number of rotatable bonds is 5. The maximum Gasteiger partial charge on any atom is 0.257 e. The molecular formula is C21H28ClN5O. The highest BCUT2D eigenvalue weighted by molar-refractivity contribution is 6.01. The number of halogens is 1. The van der Waals surface area contributed by atoms with Gasteiger partial charge in [0.1, 0.15) is 5.56 Å². The van der Waals surface area contributed by atoms with Crippen LogP contribution in [0.3, 0.4) is 0 Å². The Bertz CT molecular complexity index is 979. The molecule has 7 heteroatoms. The number of hydrogen-bond acceptors (Lipinski definition) is 4. The van der Waals surface area contributed by atoms with E-state index in [1.54, 1.807) is 4.52 Å². The van der Waals surface area contributed by atoms with Crippen molar-refractivity contribution in [1.82, 2.24) is 19.9 Å². The minimum atomic E-state index is -0.270. The molecule has 3 rings (SSSR count). The molecule has 0 bridgehead atoms. The molecule has 6 nitrogen and oxygen atoms in total. The van der Waals surface area contributed by atoms with Gasteiger partial charge < -0.3 is 11.1 Å². The quantitative estimate of drug-likeness (QED) is 0.683. The van der Waals surface area contributed by atoms with Gasteiger partial charge in [0, 0.05) is 24.0 Å². The van der Waals surface area contributed by atoms with E-state index in [4.69, 9.17) is 5.73 Å². The molecule has 2 aromatic heterocycles. The van der Waals surface area contributed by atoms with Crippen LogP contribution in [0.1, 0.15) is 64.4 Å². The number of hydrogen-bond donors (Lipinski definition) is 2. The van der Waals surface area contributed by atoms with E-state index in [1.165, 1.54) is 5.56 Å². The maximum atomic E-state index is 12.8. The van der Waals surface area contributed by atoms with Crippen LogP contribution >= 0.6 is 12.4 Å². The highest BCUT2D eigenvalue weighted by atomic mass is 35.5. The normalized spacial score (nSPS) is 12.1. The third-order valence-corrected chi connectivity index (χ3v) is 4.81. The SMILES string of the molecule is Cc1cc(C)n2nc(C)c(C(=O)NCC(N)c3ccc(C(C)C)cc3)c2n1.Cl. The molecule has 0 saturated heterocycles. The molecule has 0 saturated carbocycles. The first-order valence-corrected chi connectivity index (χ1v) is 9.25. The predicted octanol–water partition coefficient (Wildman–Crippen LogP) is 3.63. The molecule has 0 aliphatic heterocycles. The molecule has 3 aromatic rings. The molecule has 0 aliphatic rings. The van der Waals surface area contributed by atoms with Gasteiger partial charge in [-0.2, -0.15) is 5.10 Å². The summed E-state index contributed by atoms with van der Waals surface area (Å²) in [7, 11) is 0. The summed E-state index contributed by atoms with van der Waals surface area (Å²) in [5.74, 6) is 0.280. The molecule has 0 aliphatic carbocycles. The van der Waals surface area contributed by atoms with E-state index in [-0.39, 0.29) is 24.4 Å². The zero-order valence-corrected chi connectivity index (χ0v) is 17.8. The van der Waals surface area contributed by atoms with Gasteiger partial charge in [-0.1, -0.05) is 38.1 Å². The van der Waals surface area contributed by atoms with Crippen molar-refractivity contribution in [2.75, 3.05) is 6.54 Å². The van der Waals surface area contributed by atoms with Crippen LogP contribution in [0.15, 0.2) is 30.3 Å². The van der Waals surface area contributed by atoms with E-state index in [9.17, 15) is 4.79 Å². The molecule has 0 fully saturated rings. The summed E-state index contributed by atoms with van der Waals surface area (Å²) in [6, 6.07) is 9.91. The number of amides is 1. The zero-order valence-electron chi connectivity index (χ0n) is 17.0. The van der Waals surface area contributed by atoms with Crippen LogP contribution in [0.25, 0.3) is 5.65 Å². The van der Waals surface area contributed by atoms with Crippen molar-refractivity contribution in [3.05, 3.63) is 64.1 Å². The summed E-state index contributed by atoms with van der Waals surface area (Å²) in [6.07, 6.45) is 0. The number of carbonyl (C=O) groups excluding carboxylic acids is 1. The largest absolute Gasteiger partial charge is 0.350 e. The summed E-state index contributed by atoms with van der Waals surface area (Å²) in [5, 5.41) is 7.38. The number of aromatic nitrogens is 3. The molecule has 1 unspecified atom stereocenters. The molecule has 3 N–H and O–H groups in total. The Balaban J connectivity index is 0.00000280. The van der Waals surface area contributed by atoms with Gasteiger partial charge in [-0.25, -0.2) is 9.50 Å². The molecular weight excluding hydrogens is 374 g/mol. The number of nitrogens with one attached hydrogen (secondary N) is 1. The molecule has 28 heavy (non-hydrogen) atoms. The number of fused-ring (bicyclic) bond motifs is 1. The van der Waals surface area contributed by atoms with E-state index in [1.807, 2.05) is 39.0 Å². The zero-order chi connectivity index (χ0) is 19.7. The number of benzene rings is 1. The van der Waals surface area contributed by atoms with Crippen LogP contribution in [0.2, 0.25) is 0 Å². The van der Waals surface area contributed by atoms with Gasteiger partial charge in [-0.15, -0.1) is 12.4 Å². The molecule has 150 valence electrons. The first-order valence-electron chi connectivity index (χ1n) is 9.25. The van der Waals surface area contributed by atoms with Crippen molar-refractivity contribution >= 4 is 24.0 Å². The first-order chi connectivity index (χ1) is 12.8. The molecule has 1 aromatic carbocycles. The second-order valence-corrected chi connectivity index (χ2v) is 7.37. The Morgan fingerprint density at radius 1 is 1.14 bits per heavy atom. The van der Waals surface area contributed by atoms with E-state index >= 15 is 0 Å². The maximum absolute atomic E-state index is 12.8. The van der Waals surface area contributed by atoms with Crippen LogP contribution in [0.5, 0.6) is 0 Å². The predicted molar refractivity (Wildman–Crippen MR) is 114 cm³/mol.